The van der Waals surface area contributed by atoms with Gasteiger partial charge in [-0.15, -0.1) is 0 Å². The molecule has 2 N–H and O–H groups in total. The molecule has 0 saturated carbocycles. The maximum Gasteiger partial charge on any atom is 0.123 e. The first kappa shape index (κ1) is 15.0. The molecular weight excluding hydrogens is 226 g/mol. The smallest absolute Gasteiger partial charge is 0.123 e. The Labute approximate surface area is 110 Å². The summed E-state index contributed by atoms with van der Waals surface area (Å²) < 4.78 is 5.34. The molecule has 1 aromatic rings. The predicted molar refractivity (Wildman–Crippen MR) is 74.9 cm³/mol. The van der Waals surface area contributed by atoms with Crippen LogP contribution in [0.25, 0.3) is 0 Å². The molecule has 2 atom stereocenters. The number of hydrogen-bond acceptors (Lipinski definition) is 3. The average Bonchev–Trinajstić information content (AvgIpc) is 2.35. The fourth-order valence-corrected chi connectivity index (χ4v) is 2.07. The van der Waals surface area contributed by atoms with Crippen molar-refractivity contribution in [3.8, 4) is 5.75 Å². The third-order valence-corrected chi connectivity index (χ3v) is 3.01. The molecule has 1 aromatic carbocycles. The van der Waals surface area contributed by atoms with Gasteiger partial charge in [-0.05, 0) is 25.3 Å². The lowest BCUT2D eigenvalue weighted by atomic mass is 10.0. The number of benzene rings is 1. The van der Waals surface area contributed by atoms with E-state index in [1.807, 2.05) is 24.3 Å². The van der Waals surface area contributed by atoms with Crippen molar-refractivity contribution in [1.29, 1.82) is 0 Å². The second-order valence-electron chi connectivity index (χ2n) is 5.16. The number of aliphatic hydroxyl groups is 1. The quantitative estimate of drug-likeness (QED) is 0.783. The zero-order valence-electron chi connectivity index (χ0n) is 11.8. The average molecular weight is 251 g/mol. The normalized spacial score (nSPS) is 14.6. The minimum Gasteiger partial charge on any atom is -0.496 e. The number of rotatable bonds is 7. The molecule has 0 aliphatic rings. The van der Waals surface area contributed by atoms with Crippen molar-refractivity contribution in [3.05, 3.63) is 29.8 Å². The summed E-state index contributed by atoms with van der Waals surface area (Å²) in [7, 11) is 1.68. The molecule has 3 nitrogen and oxygen atoms in total. The highest BCUT2D eigenvalue weighted by atomic mass is 16.5. The van der Waals surface area contributed by atoms with Gasteiger partial charge >= 0.3 is 0 Å². The Hall–Kier alpha value is -1.06. The monoisotopic (exact) mass is 251 g/mol. The Balaban J connectivity index is 2.52. The number of para-hydroxylation sites is 1. The van der Waals surface area contributed by atoms with Gasteiger partial charge in [0.25, 0.3) is 0 Å². The van der Waals surface area contributed by atoms with Crippen molar-refractivity contribution < 1.29 is 9.84 Å². The maximum absolute atomic E-state index is 9.85. The molecule has 1 rings (SSSR count). The van der Waals surface area contributed by atoms with E-state index in [0.717, 1.165) is 17.7 Å². The third kappa shape index (κ3) is 4.67. The Morgan fingerprint density at radius 3 is 2.50 bits per heavy atom. The van der Waals surface area contributed by atoms with Crippen molar-refractivity contribution in [3.63, 3.8) is 0 Å². The van der Waals surface area contributed by atoms with E-state index in [-0.39, 0.29) is 12.1 Å². The van der Waals surface area contributed by atoms with E-state index in [4.69, 9.17) is 4.74 Å². The van der Waals surface area contributed by atoms with Crippen LogP contribution < -0.4 is 10.1 Å². The van der Waals surface area contributed by atoms with Gasteiger partial charge in [-0.2, -0.15) is 0 Å². The largest absolute Gasteiger partial charge is 0.496 e. The Morgan fingerprint density at radius 2 is 1.89 bits per heavy atom. The van der Waals surface area contributed by atoms with Crippen LogP contribution in [0.1, 0.15) is 38.8 Å². The van der Waals surface area contributed by atoms with E-state index >= 15 is 0 Å². The Morgan fingerprint density at radius 1 is 1.22 bits per heavy atom. The summed E-state index contributed by atoms with van der Waals surface area (Å²) in [5, 5.41) is 13.2. The van der Waals surface area contributed by atoms with Crippen LogP contribution in [0.15, 0.2) is 24.3 Å². The lowest BCUT2D eigenvalue weighted by Gasteiger charge is -2.20. The first-order chi connectivity index (χ1) is 8.54. The molecule has 0 aliphatic heterocycles. The van der Waals surface area contributed by atoms with Crippen LogP contribution >= 0.6 is 0 Å². The Bertz CT molecular complexity index is 352. The summed E-state index contributed by atoms with van der Waals surface area (Å²) in [5.74, 6) is 1.40. The van der Waals surface area contributed by atoms with E-state index in [1.54, 1.807) is 7.11 Å². The van der Waals surface area contributed by atoms with Crippen molar-refractivity contribution >= 4 is 0 Å². The van der Waals surface area contributed by atoms with E-state index < -0.39 is 0 Å². The van der Waals surface area contributed by atoms with Gasteiger partial charge in [-0.3, -0.25) is 0 Å². The van der Waals surface area contributed by atoms with Gasteiger partial charge in [0.05, 0.1) is 13.2 Å². The highest BCUT2D eigenvalue weighted by Gasteiger charge is 2.12. The summed E-state index contributed by atoms with van der Waals surface area (Å²) >= 11 is 0. The van der Waals surface area contributed by atoms with Gasteiger partial charge in [0.15, 0.2) is 0 Å². The molecule has 0 bridgehead atoms. The zero-order chi connectivity index (χ0) is 13.5. The van der Waals surface area contributed by atoms with Gasteiger partial charge in [0.1, 0.15) is 5.75 Å². The van der Waals surface area contributed by atoms with Gasteiger partial charge in [-0.1, -0.05) is 32.0 Å². The molecule has 18 heavy (non-hydrogen) atoms. The lowest BCUT2D eigenvalue weighted by molar-refractivity contribution is 0.143. The summed E-state index contributed by atoms with van der Waals surface area (Å²) in [6.07, 6.45) is 0.535. The topological polar surface area (TPSA) is 41.5 Å². The van der Waals surface area contributed by atoms with E-state index in [0.29, 0.717) is 12.5 Å². The molecule has 0 saturated heterocycles. The standard InChI is InChI=1S/C15H25NO2/c1-11(2)9-13(17)10-16-12(3)14-7-5-6-8-15(14)18-4/h5-8,11-13,16-17H,9-10H2,1-4H3. The molecular formula is C15H25NO2. The number of aliphatic hydroxyl groups excluding tert-OH is 1. The van der Waals surface area contributed by atoms with E-state index in [1.165, 1.54) is 0 Å². The number of hydrogen-bond donors (Lipinski definition) is 2. The van der Waals surface area contributed by atoms with Crippen LogP contribution in [0.2, 0.25) is 0 Å². The molecule has 3 heteroatoms. The SMILES string of the molecule is COc1ccccc1C(C)NCC(O)CC(C)C. The van der Waals surface area contributed by atoms with Gasteiger partial charge in [0.2, 0.25) is 0 Å². The molecule has 102 valence electrons. The van der Waals surface area contributed by atoms with Gasteiger partial charge in [-0.25, -0.2) is 0 Å². The van der Waals surface area contributed by atoms with Crippen molar-refractivity contribution in [2.24, 2.45) is 5.92 Å². The van der Waals surface area contributed by atoms with Gasteiger partial charge < -0.3 is 15.2 Å². The van der Waals surface area contributed by atoms with Crippen molar-refractivity contribution in [2.45, 2.75) is 39.3 Å². The fourth-order valence-electron chi connectivity index (χ4n) is 2.07. The van der Waals surface area contributed by atoms with E-state index in [9.17, 15) is 5.11 Å². The minimum absolute atomic E-state index is 0.169. The van der Waals surface area contributed by atoms with Crippen LogP contribution in [0.5, 0.6) is 5.75 Å². The molecule has 0 fully saturated rings. The fraction of sp³-hybridized carbons (Fsp3) is 0.600. The number of ether oxygens (including phenoxy) is 1. The Kier molecular flexibility index (Phi) is 6.16. The van der Waals surface area contributed by atoms with Gasteiger partial charge in [0, 0.05) is 18.2 Å². The van der Waals surface area contributed by atoms with Crippen LogP contribution in [-0.4, -0.2) is 24.9 Å². The summed E-state index contributed by atoms with van der Waals surface area (Å²) in [6, 6.07) is 8.13. The highest BCUT2D eigenvalue weighted by molar-refractivity contribution is 5.35. The summed E-state index contributed by atoms with van der Waals surface area (Å²) in [4.78, 5) is 0. The van der Waals surface area contributed by atoms with Crippen molar-refractivity contribution in [1.82, 2.24) is 5.32 Å². The van der Waals surface area contributed by atoms with E-state index in [2.05, 4.69) is 26.1 Å². The molecule has 0 heterocycles. The third-order valence-electron chi connectivity index (χ3n) is 3.01. The van der Waals surface area contributed by atoms with Crippen molar-refractivity contribution in [2.75, 3.05) is 13.7 Å². The second kappa shape index (κ2) is 7.39. The molecule has 0 aromatic heterocycles. The molecule has 0 spiro atoms. The first-order valence-electron chi connectivity index (χ1n) is 6.59. The molecule has 2 unspecified atom stereocenters. The number of nitrogens with one attached hydrogen (secondary N) is 1. The minimum atomic E-state index is -0.290. The van der Waals surface area contributed by atoms with Crippen LogP contribution in [0.4, 0.5) is 0 Å². The van der Waals surface area contributed by atoms with Crippen LogP contribution in [-0.2, 0) is 0 Å². The highest BCUT2D eigenvalue weighted by Crippen LogP contribution is 2.24. The predicted octanol–water partition coefficient (Wildman–Crippen LogP) is 2.75. The maximum atomic E-state index is 9.85. The number of methoxy groups -OCH3 is 1. The summed E-state index contributed by atoms with van der Waals surface area (Å²) in [6.45, 7) is 6.93. The molecule has 0 aliphatic carbocycles. The summed E-state index contributed by atoms with van der Waals surface area (Å²) in [5.41, 5.74) is 1.12. The molecule has 0 radical (unpaired) electrons. The van der Waals surface area contributed by atoms with Crippen LogP contribution in [0.3, 0.4) is 0 Å². The lowest BCUT2D eigenvalue weighted by Crippen LogP contribution is -2.30. The molecule has 0 amide bonds. The zero-order valence-corrected chi connectivity index (χ0v) is 11.8. The van der Waals surface area contributed by atoms with Crippen LogP contribution in [0, 0.1) is 5.92 Å². The first-order valence-corrected chi connectivity index (χ1v) is 6.59. The second-order valence-corrected chi connectivity index (χ2v) is 5.16.